The predicted molar refractivity (Wildman–Crippen MR) is 69.1 cm³/mol. The molecule has 0 bridgehead atoms. The zero-order valence-corrected chi connectivity index (χ0v) is 10.3. The molecule has 88 valence electrons. The molecular formula is C15H17NO. The minimum atomic E-state index is -0.305. The van der Waals surface area contributed by atoms with Crippen molar-refractivity contribution in [1.29, 1.82) is 0 Å². The molecule has 0 amide bonds. The standard InChI is InChI=1S/C15H17NO/c1-10-3-4-12-8-13-5-6-16(9-11(2)17)15(13)14(12)7-10/h3-7,11,17H,8-9H2,1-2H3/t11-/m1/s1. The molecule has 17 heavy (non-hydrogen) atoms. The zero-order chi connectivity index (χ0) is 12.0. The number of fused-ring (bicyclic) bond motifs is 3. The summed E-state index contributed by atoms with van der Waals surface area (Å²) in [6.45, 7) is 4.63. The first-order chi connectivity index (χ1) is 8.15. The number of nitrogens with zero attached hydrogens (tertiary/aromatic N) is 1. The van der Waals surface area contributed by atoms with Gasteiger partial charge in [0.2, 0.25) is 0 Å². The van der Waals surface area contributed by atoms with Crippen LogP contribution in [-0.4, -0.2) is 15.8 Å². The third-order valence-corrected chi connectivity index (χ3v) is 3.41. The van der Waals surface area contributed by atoms with Crippen LogP contribution in [-0.2, 0) is 13.0 Å². The van der Waals surface area contributed by atoms with Crippen molar-refractivity contribution in [3.63, 3.8) is 0 Å². The monoisotopic (exact) mass is 227 g/mol. The SMILES string of the molecule is Cc1ccc2c(c1)-c1c(ccn1C[C@@H](C)O)C2. The number of hydrogen-bond acceptors (Lipinski definition) is 1. The van der Waals surface area contributed by atoms with Crippen molar-refractivity contribution >= 4 is 0 Å². The molecule has 1 aliphatic carbocycles. The maximum Gasteiger partial charge on any atom is 0.0691 e. The molecular weight excluding hydrogens is 210 g/mol. The molecule has 2 nitrogen and oxygen atoms in total. The summed E-state index contributed by atoms with van der Waals surface area (Å²) >= 11 is 0. The molecule has 2 heteroatoms. The van der Waals surface area contributed by atoms with Crippen LogP contribution in [0.15, 0.2) is 30.5 Å². The number of aliphatic hydroxyl groups is 1. The summed E-state index contributed by atoms with van der Waals surface area (Å²) in [5.41, 5.74) is 6.71. The third-order valence-electron chi connectivity index (χ3n) is 3.41. The Bertz CT molecular complexity index is 566. The Balaban J connectivity index is 2.12. The van der Waals surface area contributed by atoms with Gasteiger partial charge in [0.25, 0.3) is 0 Å². The second-order valence-corrected chi connectivity index (χ2v) is 5.03. The van der Waals surface area contributed by atoms with Gasteiger partial charge in [-0.05, 0) is 37.1 Å². The number of aliphatic hydroxyl groups excluding tert-OH is 1. The van der Waals surface area contributed by atoms with E-state index in [0.29, 0.717) is 6.54 Å². The van der Waals surface area contributed by atoms with Crippen molar-refractivity contribution in [2.24, 2.45) is 0 Å². The average Bonchev–Trinajstić information content (AvgIpc) is 2.78. The molecule has 1 aliphatic rings. The number of hydrogen-bond donors (Lipinski definition) is 1. The van der Waals surface area contributed by atoms with Gasteiger partial charge < -0.3 is 9.67 Å². The highest BCUT2D eigenvalue weighted by Crippen LogP contribution is 2.37. The van der Waals surface area contributed by atoms with Gasteiger partial charge in [0.15, 0.2) is 0 Å². The maximum atomic E-state index is 9.54. The molecule has 0 radical (unpaired) electrons. The maximum absolute atomic E-state index is 9.54. The van der Waals surface area contributed by atoms with E-state index in [-0.39, 0.29) is 6.10 Å². The molecule has 2 aromatic rings. The quantitative estimate of drug-likeness (QED) is 0.715. The number of benzene rings is 1. The van der Waals surface area contributed by atoms with Crippen LogP contribution in [0, 0.1) is 6.92 Å². The summed E-state index contributed by atoms with van der Waals surface area (Å²) in [6, 6.07) is 8.81. The van der Waals surface area contributed by atoms with Gasteiger partial charge in [0.05, 0.1) is 11.8 Å². The van der Waals surface area contributed by atoms with Crippen LogP contribution in [0.1, 0.15) is 23.6 Å². The predicted octanol–water partition coefficient (Wildman–Crippen LogP) is 2.75. The Labute approximate surface area is 102 Å². The topological polar surface area (TPSA) is 25.2 Å². The summed E-state index contributed by atoms with van der Waals surface area (Å²) in [6.07, 6.45) is 2.81. The Kier molecular flexibility index (Phi) is 2.33. The summed E-state index contributed by atoms with van der Waals surface area (Å²) in [5.74, 6) is 0. The van der Waals surface area contributed by atoms with Crippen molar-refractivity contribution in [1.82, 2.24) is 4.57 Å². The molecule has 0 spiro atoms. The van der Waals surface area contributed by atoms with Crippen LogP contribution < -0.4 is 0 Å². The lowest BCUT2D eigenvalue weighted by Crippen LogP contribution is -2.11. The van der Waals surface area contributed by atoms with Gasteiger partial charge in [-0.3, -0.25) is 0 Å². The minimum Gasteiger partial charge on any atom is -0.392 e. The number of aryl methyl sites for hydroxylation is 1. The van der Waals surface area contributed by atoms with Gasteiger partial charge in [0, 0.05) is 24.7 Å². The van der Waals surface area contributed by atoms with Gasteiger partial charge in [-0.25, -0.2) is 0 Å². The van der Waals surface area contributed by atoms with Gasteiger partial charge in [-0.2, -0.15) is 0 Å². The van der Waals surface area contributed by atoms with E-state index in [4.69, 9.17) is 0 Å². The van der Waals surface area contributed by atoms with Gasteiger partial charge in [-0.1, -0.05) is 17.7 Å². The average molecular weight is 227 g/mol. The van der Waals surface area contributed by atoms with E-state index in [2.05, 4.69) is 42.0 Å². The first-order valence-electron chi connectivity index (χ1n) is 6.11. The molecule has 3 rings (SSSR count). The Morgan fingerprint density at radius 1 is 1.29 bits per heavy atom. The van der Waals surface area contributed by atoms with Crippen molar-refractivity contribution < 1.29 is 5.11 Å². The van der Waals surface area contributed by atoms with Crippen LogP contribution in [0.3, 0.4) is 0 Å². The molecule has 1 atom stereocenters. The molecule has 0 saturated carbocycles. The highest BCUT2D eigenvalue weighted by atomic mass is 16.3. The second kappa shape index (κ2) is 3.74. The fourth-order valence-corrected chi connectivity index (χ4v) is 2.70. The number of aromatic nitrogens is 1. The van der Waals surface area contributed by atoms with Crippen LogP contribution in [0.2, 0.25) is 0 Å². The summed E-state index contributed by atoms with van der Waals surface area (Å²) in [7, 11) is 0. The van der Waals surface area contributed by atoms with E-state index in [0.717, 1.165) is 6.42 Å². The lowest BCUT2D eigenvalue weighted by atomic mass is 10.1. The molecule has 1 N–H and O–H groups in total. The minimum absolute atomic E-state index is 0.305. The highest BCUT2D eigenvalue weighted by Gasteiger charge is 2.22. The van der Waals surface area contributed by atoms with E-state index < -0.39 is 0 Å². The van der Waals surface area contributed by atoms with Crippen LogP contribution in [0.25, 0.3) is 11.3 Å². The largest absolute Gasteiger partial charge is 0.392 e. The molecule has 0 unspecified atom stereocenters. The Morgan fingerprint density at radius 3 is 2.88 bits per heavy atom. The lowest BCUT2D eigenvalue weighted by Gasteiger charge is -2.11. The van der Waals surface area contributed by atoms with Crippen molar-refractivity contribution in [2.75, 3.05) is 0 Å². The van der Waals surface area contributed by atoms with Gasteiger partial charge >= 0.3 is 0 Å². The molecule has 0 aliphatic heterocycles. The van der Waals surface area contributed by atoms with Gasteiger partial charge in [-0.15, -0.1) is 0 Å². The lowest BCUT2D eigenvalue weighted by molar-refractivity contribution is 0.174. The normalized spacial score (nSPS) is 14.5. The van der Waals surface area contributed by atoms with Crippen LogP contribution >= 0.6 is 0 Å². The summed E-state index contributed by atoms with van der Waals surface area (Å²) in [5, 5.41) is 9.54. The van der Waals surface area contributed by atoms with E-state index in [1.165, 1.54) is 27.9 Å². The Morgan fingerprint density at radius 2 is 2.12 bits per heavy atom. The first kappa shape index (κ1) is 10.6. The van der Waals surface area contributed by atoms with Crippen LogP contribution in [0.4, 0.5) is 0 Å². The molecule has 1 aromatic carbocycles. The fraction of sp³-hybridized carbons (Fsp3) is 0.333. The van der Waals surface area contributed by atoms with Crippen molar-refractivity contribution in [3.05, 3.63) is 47.2 Å². The summed E-state index contributed by atoms with van der Waals surface area (Å²) in [4.78, 5) is 0. The van der Waals surface area contributed by atoms with E-state index in [1.54, 1.807) is 0 Å². The first-order valence-corrected chi connectivity index (χ1v) is 6.11. The molecule has 1 heterocycles. The second-order valence-electron chi connectivity index (χ2n) is 5.03. The zero-order valence-electron chi connectivity index (χ0n) is 10.3. The third kappa shape index (κ3) is 1.69. The van der Waals surface area contributed by atoms with Crippen molar-refractivity contribution in [3.8, 4) is 11.3 Å². The highest BCUT2D eigenvalue weighted by molar-refractivity contribution is 5.75. The van der Waals surface area contributed by atoms with E-state index >= 15 is 0 Å². The fourth-order valence-electron chi connectivity index (χ4n) is 2.70. The van der Waals surface area contributed by atoms with E-state index in [9.17, 15) is 5.11 Å². The molecule has 0 fully saturated rings. The van der Waals surface area contributed by atoms with E-state index in [1.807, 2.05) is 6.92 Å². The molecule has 1 aromatic heterocycles. The van der Waals surface area contributed by atoms with Crippen molar-refractivity contribution in [2.45, 2.75) is 32.9 Å². The smallest absolute Gasteiger partial charge is 0.0691 e. The van der Waals surface area contributed by atoms with Gasteiger partial charge in [0.1, 0.15) is 0 Å². The number of rotatable bonds is 2. The Hall–Kier alpha value is -1.54. The summed E-state index contributed by atoms with van der Waals surface area (Å²) < 4.78 is 2.17. The molecule has 0 saturated heterocycles. The van der Waals surface area contributed by atoms with Crippen LogP contribution in [0.5, 0.6) is 0 Å².